The Labute approximate surface area is 168 Å². The molecule has 164 valence electrons. The minimum Gasteiger partial charge on any atom is -0.455 e. The van der Waals surface area contributed by atoms with Crippen molar-refractivity contribution in [2.75, 3.05) is 38.8 Å². The predicted molar refractivity (Wildman–Crippen MR) is 117 cm³/mol. The van der Waals surface area contributed by atoms with Crippen LogP contribution in [0.2, 0.25) is 38.3 Å². The minimum atomic E-state index is -3.06. The summed E-state index contributed by atoms with van der Waals surface area (Å²) in [4.78, 5) is 0. The molecule has 0 rings (SSSR count). The monoisotopic (exact) mass is 462 g/mol. The summed E-state index contributed by atoms with van der Waals surface area (Å²) < 4.78 is 53.5. The van der Waals surface area contributed by atoms with Crippen molar-refractivity contribution in [3.63, 3.8) is 0 Å². The molecular formula is C16H40O7P2Si2. The van der Waals surface area contributed by atoms with Crippen LogP contribution in [0.1, 0.15) is 27.7 Å². The maximum absolute atomic E-state index is 12.7. The molecule has 11 heteroatoms. The number of hydrogen-bond donors (Lipinski definition) is 0. The van der Waals surface area contributed by atoms with Crippen molar-refractivity contribution >= 4 is 31.8 Å². The maximum atomic E-state index is 12.7. The Balaban J connectivity index is 4.83. The molecule has 0 atom stereocenters. The molecule has 0 unspecified atom stereocenters. The van der Waals surface area contributed by atoms with Crippen molar-refractivity contribution in [2.24, 2.45) is 0 Å². The van der Waals surface area contributed by atoms with Crippen LogP contribution < -0.4 is 0 Å². The van der Waals surface area contributed by atoms with Gasteiger partial charge in [0.25, 0.3) is 0 Å². The summed E-state index contributed by atoms with van der Waals surface area (Å²) in [5.74, 6) is 0. The molecule has 0 aromatic heterocycles. The smallest absolute Gasteiger partial charge is 0.330 e. The Morgan fingerprint density at radius 3 is 1.07 bits per heavy atom. The number of hydrogen-bond acceptors (Lipinski definition) is 7. The topological polar surface area (TPSA) is 80.3 Å². The van der Waals surface area contributed by atoms with Crippen LogP contribution in [-0.2, 0) is 31.3 Å². The summed E-state index contributed by atoms with van der Waals surface area (Å²) in [6.07, 6.45) is 0.740. The fourth-order valence-electron chi connectivity index (χ4n) is 2.78. The molecule has 0 aliphatic rings. The average Bonchev–Trinajstić information content (AvgIpc) is 2.52. The molecule has 0 aromatic rings. The first-order valence-electron chi connectivity index (χ1n) is 9.83. The Kier molecular flexibility index (Phi) is 12.7. The quantitative estimate of drug-likeness (QED) is 0.207. The van der Waals surface area contributed by atoms with E-state index < -0.39 is 31.8 Å². The molecule has 27 heavy (non-hydrogen) atoms. The first-order valence-corrected chi connectivity index (χ1v) is 19.5. The zero-order chi connectivity index (χ0) is 21.2. The molecule has 7 nitrogen and oxygen atoms in total. The van der Waals surface area contributed by atoms with Crippen LogP contribution in [0.15, 0.2) is 0 Å². The summed E-state index contributed by atoms with van der Waals surface area (Å²) in [5, 5.41) is 0. The molecule has 0 aliphatic heterocycles. The summed E-state index contributed by atoms with van der Waals surface area (Å²) in [7, 11) is -10.3. The van der Waals surface area contributed by atoms with E-state index in [0.717, 1.165) is 0 Å². The van der Waals surface area contributed by atoms with Gasteiger partial charge in [-0.05, 0) is 66.0 Å². The van der Waals surface area contributed by atoms with E-state index in [1.165, 1.54) is 0 Å². The molecule has 0 radical (unpaired) electrons. The van der Waals surface area contributed by atoms with Gasteiger partial charge < -0.3 is 22.2 Å². The van der Waals surface area contributed by atoms with E-state index in [2.05, 4.69) is 26.2 Å². The average molecular weight is 463 g/mol. The summed E-state index contributed by atoms with van der Waals surface area (Å²) >= 11 is 0. The van der Waals surface area contributed by atoms with Crippen molar-refractivity contribution in [1.29, 1.82) is 0 Å². The van der Waals surface area contributed by atoms with Gasteiger partial charge in [0.05, 0.1) is 26.4 Å². The Hall–Kier alpha value is 0.694. The zero-order valence-corrected chi connectivity index (χ0v) is 22.2. The van der Waals surface area contributed by atoms with Gasteiger partial charge in [-0.15, -0.1) is 0 Å². The van der Waals surface area contributed by atoms with Crippen molar-refractivity contribution < 1.29 is 31.3 Å². The summed E-state index contributed by atoms with van der Waals surface area (Å²) in [5.41, 5.74) is 0. The largest absolute Gasteiger partial charge is 0.455 e. The van der Waals surface area contributed by atoms with Gasteiger partial charge in [-0.1, -0.05) is 0 Å². The van der Waals surface area contributed by atoms with Crippen LogP contribution >= 0.6 is 15.2 Å². The van der Waals surface area contributed by atoms with Gasteiger partial charge in [0, 0.05) is 12.3 Å². The highest BCUT2D eigenvalue weighted by Crippen LogP contribution is 2.51. The van der Waals surface area contributed by atoms with Crippen LogP contribution in [0.4, 0.5) is 0 Å². The van der Waals surface area contributed by atoms with Crippen LogP contribution in [-0.4, -0.2) is 55.4 Å². The molecule has 0 N–H and O–H groups in total. The third-order valence-electron chi connectivity index (χ3n) is 3.83. The lowest BCUT2D eigenvalue weighted by Crippen LogP contribution is -2.45. The van der Waals surface area contributed by atoms with Crippen molar-refractivity contribution in [2.45, 2.75) is 66.0 Å². The van der Waals surface area contributed by atoms with Crippen LogP contribution in [0.25, 0.3) is 0 Å². The third-order valence-corrected chi connectivity index (χ3v) is 16.2. The predicted octanol–water partition coefficient (Wildman–Crippen LogP) is 5.95. The van der Waals surface area contributed by atoms with Crippen LogP contribution in [0.5, 0.6) is 0 Å². The second-order valence-electron chi connectivity index (χ2n) is 7.46. The molecule has 0 aliphatic carbocycles. The van der Waals surface area contributed by atoms with Gasteiger partial charge >= 0.3 is 15.2 Å². The van der Waals surface area contributed by atoms with E-state index in [4.69, 9.17) is 22.2 Å². The highest BCUT2D eigenvalue weighted by molar-refractivity contribution is 7.54. The van der Waals surface area contributed by atoms with E-state index in [-0.39, 0.29) is 0 Å². The standard InChI is InChI=1S/C16H40O7P2Si2/c1-9-19-24(17,20-10-2)13-15-26(5,6)23-27(7,8)16-14-25(18,21-11-3)22-12-4/h9-16H2,1-8H3. The van der Waals surface area contributed by atoms with Crippen molar-refractivity contribution in [3.8, 4) is 0 Å². The van der Waals surface area contributed by atoms with Crippen LogP contribution in [0, 0.1) is 0 Å². The SMILES string of the molecule is CCOP(=O)(CC[Si](C)(C)O[Si](C)(C)CCP(=O)(OCC)OCC)OCC. The number of rotatable bonds is 16. The van der Waals surface area contributed by atoms with Gasteiger partial charge in [0.2, 0.25) is 0 Å². The van der Waals surface area contributed by atoms with Crippen molar-refractivity contribution in [1.82, 2.24) is 0 Å². The lowest BCUT2D eigenvalue weighted by atomic mass is 10.9. The van der Waals surface area contributed by atoms with E-state index in [0.29, 0.717) is 50.8 Å². The van der Waals surface area contributed by atoms with E-state index >= 15 is 0 Å². The molecule has 0 saturated heterocycles. The lowest BCUT2D eigenvalue weighted by Gasteiger charge is -2.35. The Bertz CT molecular complexity index is 451. The normalized spacial score (nSPS) is 13.9. The van der Waals surface area contributed by atoms with Crippen LogP contribution in [0.3, 0.4) is 0 Å². The van der Waals surface area contributed by atoms with E-state index in [1.54, 1.807) is 0 Å². The molecule has 0 spiro atoms. The Morgan fingerprint density at radius 2 is 0.852 bits per heavy atom. The zero-order valence-electron chi connectivity index (χ0n) is 18.4. The van der Waals surface area contributed by atoms with Gasteiger partial charge in [-0.3, -0.25) is 9.13 Å². The molecule has 0 aromatic carbocycles. The van der Waals surface area contributed by atoms with Gasteiger partial charge in [-0.25, -0.2) is 0 Å². The fourth-order valence-corrected chi connectivity index (χ4v) is 18.3. The second kappa shape index (κ2) is 12.4. The van der Waals surface area contributed by atoms with E-state index in [1.807, 2.05) is 27.7 Å². The van der Waals surface area contributed by atoms with Gasteiger partial charge in [0.15, 0.2) is 16.6 Å². The lowest BCUT2D eigenvalue weighted by molar-refractivity contribution is 0.220. The van der Waals surface area contributed by atoms with Crippen molar-refractivity contribution in [3.05, 3.63) is 0 Å². The fraction of sp³-hybridized carbons (Fsp3) is 1.00. The molecule has 0 fully saturated rings. The molecule has 0 bridgehead atoms. The second-order valence-corrected chi connectivity index (χ2v) is 20.7. The molecule has 0 amide bonds. The summed E-state index contributed by atoms with van der Waals surface area (Å²) in [6, 6.07) is 1.38. The highest BCUT2D eigenvalue weighted by atomic mass is 31.2. The molecular weight excluding hydrogens is 422 g/mol. The van der Waals surface area contributed by atoms with Gasteiger partial charge in [0.1, 0.15) is 0 Å². The highest BCUT2D eigenvalue weighted by Gasteiger charge is 2.37. The first kappa shape index (κ1) is 27.7. The van der Waals surface area contributed by atoms with Gasteiger partial charge in [-0.2, -0.15) is 0 Å². The minimum absolute atomic E-state index is 0.366. The first-order chi connectivity index (χ1) is 12.4. The summed E-state index contributed by atoms with van der Waals surface area (Å²) in [6.45, 7) is 17.2. The molecule has 0 heterocycles. The maximum Gasteiger partial charge on any atom is 0.330 e. The molecule has 0 saturated carbocycles. The van der Waals surface area contributed by atoms with E-state index in [9.17, 15) is 9.13 Å². The third kappa shape index (κ3) is 12.1. The Morgan fingerprint density at radius 1 is 0.593 bits per heavy atom.